The molecule has 0 radical (unpaired) electrons. The number of ether oxygens (including phenoxy) is 2. The number of nitrogens with zero attached hydrogens (tertiary/aromatic N) is 3. The molecule has 2 heterocycles. The van der Waals surface area contributed by atoms with Gasteiger partial charge in [0.15, 0.2) is 17.3 Å². The highest BCUT2D eigenvalue weighted by Crippen LogP contribution is 2.32. The Balaban J connectivity index is 1.43. The van der Waals surface area contributed by atoms with Crippen LogP contribution in [0.1, 0.15) is 5.56 Å². The molecule has 1 aromatic heterocycles. The number of hydrogen-bond acceptors (Lipinski definition) is 7. The maximum Gasteiger partial charge on any atom is 0.244 e. The van der Waals surface area contributed by atoms with Crippen molar-refractivity contribution >= 4 is 29.1 Å². The van der Waals surface area contributed by atoms with E-state index in [-0.39, 0.29) is 11.8 Å². The first-order chi connectivity index (χ1) is 12.7. The van der Waals surface area contributed by atoms with Crippen molar-refractivity contribution in [3.8, 4) is 11.5 Å². The van der Waals surface area contributed by atoms with Gasteiger partial charge in [-0.25, -0.2) is 4.39 Å². The van der Waals surface area contributed by atoms with Crippen LogP contribution in [0, 0.1) is 5.82 Å². The number of benzene rings is 2. The maximum atomic E-state index is 13.2. The van der Waals surface area contributed by atoms with Crippen molar-refractivity contribution in [2.75, 3.05) is 17.4 Å². The van der Waals surface area contributed by atoms with Gasteiger partial charge in [0.2, 0.25) is 12.7 Å². The second-order valence-corrected chi connectivity index (χ2v) is 5.87. The summed E-state index contributed by atoms with van der Waals surface area (Å²) >= 11 is 5.77. The van der Waals surface area contributed by atoms with E-state index in [0.29, 0.717) is 29.7 Å². The van der Waals surface area contributed by atoms with Gasteiger partial charge in [-0.2, -0.15) is 10.1 Å². The van der Waals surface area contributed by atoms with Crippen molar-refractivity contribution in [2.45, 2.75) is 6.54 Å². The molecule has 132 valence electrons. The third kappa shape index (κ3) is 3.60. The van der Waals surface area contributed by atoms with Crippen LogP contribution in [0.5, 0.6) is 11.5 Å². The van der Waals surface area contributed by atoms with Crippen LogP contribution >= 0.6 is 11.6 Å². The van der Waals surface area contributed by atoms with Gasteiger partial charge in [-0.05, 0) is 35.9 Å². The Bertz CT molecular complexity index is 956. The first-order valence-corrected chi connectivity index (χ1v) is 8.09. The Hall–Kier alpha value is -3.13. The lowest BCUT2D eigenvalue weighted by atomic mass is 10.2. The molecule has 1 aliphatic rings. The van der Waals surface area contributed by atoms with Gasteiger partial charge in [-0.1, -0.05) is 17.7 Å². The van der Waals surface area contributed by atoms with Crippen LogP contribution in [0.2, 0.25) is 5.02 Å². The molecule has 0 bridgehead atoms. The standard InChI is InChI=1S/C17H13ClFN5O2/c18-12-6-11(2-3-13(12)19)22-16-8-21-24-17(23-16)20-7-10-1-4-14-15(5-10)26-9-25-14/h1-6,8H,7,9H2,(H2,20,22,23,24). The summed E-state index contributed by atoms with van der Waals surface area (Å²) in [7, 11) is 0. The second-order valence-electron chi connectivity index (χ2n) is 5.46. The molecule has 1 aliphatic heterocycles. The number of halogens is 2. The number of aromatic nitrogens is 3. The number of nitrogens with one attached hydrogen (secondary N) is 2. The average molecular weight is 374 g/mol. The molecule has 4 rings (SSSR count). The molecular weight excluding hydrogens is 361 g/mol. The molecule has 0 saturated carbocycles. The summed E-state index contributed by atoms with van der Waals surface area (Å²) in [4.78, 5) is 4.32. The fourth-order valence-electron chi connectivity index (χ4n) is 2.39. The van der Waals surface area contributed by atoms with Crippen LogP contribution in [0.4, 0.5) is 21.8 Å². The highest BCUT2D eigenvalue weighted by molar-refractivity contribution is 6.31. The number of hydrogen-bond donors (Lipinski definition) is 2. The topological polar surface area (TPSA) is 81.2 Å². The Morgan fingerprint density at radius 3 is 2.88 bits per heavy atom. The Morgan fingerprint density at radius 1 is 1.12 bits per heavy atom. The summed E-state index contributed by atoms with van der Waals surface area (Å²) in [6.07, 6.45) is 1.46. The van der Waals surface area contributed by atoms with Crippen LogP contribution < -0.4 is 20.1 Å². The fourth-order valence-corrected chi connectivity index (χ4v) is 2.57. The van der Waals surface area contributed by atoms with Gasteiger partial charge >= 0.3 is 0 Å². The monoisotopic (exact) mass is 373 g/mol. The lowest BCUT2D eigenvalue weighted by molar-refractivity contribution is 0.174. The van der Waals surface area contributed by atoms with Gasteiger partial charge in [-0.15, -0.1) is 5.10 Å². The zero-order chi connectivity index (χ0) is 17.9. The van der Waals surface area contributed by atoms with Gasteiger partial charge < -0.3 is 20.1 Å². The van der Waals surface area contributed by atoms with Crippen molar-refractivity contribution in [3.05, 3.63) is 59.0 Å². The Labute approximate surface area is 153 Å². The molecule has 0 spiro atoms. The molecular formula is C17H13ClFN5O2. The predicted molar refractivity (Wildman–Crippen MR) is 94.4 cm³/mol. The van der Waals surface area contributed by atoms with Crippen LogP contribution in [-0.2, 0) is 6.54 Å². The normalized spacial score (nSPS) is 12.1. The Kier molecular flexibility index (Phi) is 4.40. The SMILES string of the molecule is Fc1ccc(Nc2cnnc(NCc3ccc4c(c3)OCO4)n2)cc1Cl. The third-order valence-electron chi connectivity index (χ3n) is 3.64. The lowest BCUT2D eigenvalue weighted by Crippen LogP contribution is -2.06. The highest BCUT2D eigenvalue weighted by Gasteiger charge is 2.13. The van der Waals surface area contributed by atoms with Gasteiger partial charge in [0.1, 0.15) is 5.82 Å². The minimum absolute atomic E-state index is 0.0261. The summed E-state index contributed by atoms with van der Waals surface area (Å²) < 4.78 is 23.9. The number of rotatable bonds is 5. The van der Waals surface area contributed by atoms with E-state index in [4.69, 9.17) is 21.1 Å². The smallest absolute Gasteiger partial charge is 0.244 e. The lowest BCUT2D eigenvalue weighted by Gasteiger charge is -2.08. The van der Waals surface area contributed by atoms with Gasteiger partial charge in [-0.3, -0.25) is 0 Å². The average Bonchev–Trinajstić information content (AvgIpc) is 3.11. The highest BCUT2D eigenvalue weighted by atomic mass is 35.5. The van der Waals surface area contributed by atoms with Crippen molar-refractivity contribution in [1.29, 1.82) is 0 Å². The van der Waals surface area contributed by atoms with Crippen LogP contribution in [0.15, 0.2) is 42.6 Å². The fraction of sp³-hybridized carbons (Fsp3) is 0.118. The molecule has 0 fully saturated rings. The second kappa shape index (κ2) is 7.01. The van der Waals surface area contributed by atoms with Crippen molar-refractivity contribution in [3.63, 3.8) is 0 Å². The van der Waals surface area contributed by atoms with Gasteiger partial charge in [0.25, 0.3) is 0 Å². The first kappa shape index (κ1) is 16.3. The molecule has 0 unspecified atom stereocenters. The minimum Gasteiger partial charge on any atom is -0.454 e. The van der Waals surface area contributed by atoms with Crippen LogP contribution in [-0.4, -0.2) is 22.0 Å². The van der Waals surface area contributed by atoms with E-state index in [1.807, 2.05) is 18.2 Å². The molecule has 0 amide bonds. The quantitative estimate of drug-likeness (QED) is 0.704. The van der Waals surface area contributed by atoms with Crippen molar-refractivity contribution < 1.29 is 13.9 Å². The number of anilines is 3. The first-order valence-electron chi connectivity index (χ1n) is 7.71. The third-order valence-corrected chi connectivity index (χ3v) is 3.93. The molecule has 0 atom stereocenters. The van der Waals surface area contributed by atoms with E-state index in [0.717, 1.165) is 11.3 Å². The summed E-state index contributed by atoms with van der Waals surface area (Å²) in [5.41, 5.74) is 1.58. The maximum absolute atomic E-state index is 13.2. The molecule has 2 N–H and O–H groups in total. The van der Waals surface area contributed by atoms with Crippen LogP contribution in [0.25, 0.3) is 0 Å². The molecule has 2 aromatic carbocycles. The number of fused-ring (bicyclic) bond motifs is 1. The molecule has 7 nitrogen and oxygen atoms in total. The summed E-state index contributed by atoms with van der Waals surface area (Å²) in [6, 6.07) is 9.98. The molecule has 0 aliphatic carbocycles. The predicted octanol–water partition coefficient (Wildman–Crippen LogP) is 3.75. The zero-order valence-corrected chi connectivity index (χ0v) is 14.1. The summed E-state index contributed by atoms with van der Waals surface area (Å²) in [5, 5.41) is 14.0. The minimum atomic E-state index is -0.482. The van der Waals surface area contributed by atoms with E-state index in [1.165, 1.54) is 18.3 Å². The van der Waals surface area contributed by atoms with E-state index < -0.39 is 5.82 Å². The van der Waals surface area contributed by atoms with Gasteiger partial charge in [0.05, 0.1) is 11.2 Å². The van der Waals surface area contributed by atoms with Crippen molar-refractivity contribution in [2.24, 2.45) is 0 Å². The molecule has 9 heteroatoms. The molecule has 3 aromatic rings. The van der Waals surface area contributed by atoms with E-state index in [9.17, 15) is 4.39 Å². The van der Waals surface area contributed by atoms with Crippen LogP contribution in [0.3, 0.4) is 0 Å². The largest absolute Gasteiger partial charge is 0.454 e. The summed E-state index contributed by atoms with van der Waals surface area (Å²) in [6.45, 7) is 0.727. The van der Waals surface area contributed by atoms with E-state index >= 15 is 0 Å². The van der Waals surface area contributed by atoms with Crippen molar-refractivity contribution in [1.82, 2.24) is 15.2 Å². The Morgan fingerprint density at radius 2 is 2.00 bits per heavy atom. The zero-order valence-electron chi connectivity index (χ0n) is 13.4. The van der Waals surface area contributed by atoms with Gasteiger partial charge in [0, 0.05) is 12.2 Å². The van der Waals surface area contributed by atoms with E-state index in [2.05, 4.69) is 25.8 Å². The summed E-state index contributed by atoms with van der Waals surface area (Å²) in [5.74, 6) is 1.77. The molecule has 0 saturated heterocycles. The van der Waals surface area contributed by atoms with E-state index in [1.54, 1.807) is 6.07 Å². The molecule has 26 heavy (non-hydrogen) atoms.